The number of halogens is 2. The second kappa shape index (κ2) is 7.98. The van der Waals surface area contributed by atoms with Gasteiger partial charge in [-0.1, -0.05) is 0 Å². The summed E-state index contributed by atoms with van der Waals surface area (Å²) < 4.78 is 54.9. The van der Waals surface area contributed by atoms with Gasteiger partial charge in [0.15, 0.2) is 0 Å². The molecule has 0 aliphatic carbocycles. The highest BCUT2D eigenvalue weighted by Crippen LogP contribution is 2.15. The maximum absolute atomic E-state index is 13.7. The van der Waals surface area contributed by atoms with Crippen molar-refractivity contribution in [3.8, 4) is 5.82 Å². The Bertz CT molecular complexity index is 1100. The van der Waals surface area contributed by atoms with Crippen molar-refractivity contribution < 1.29 is 17.2 Å². The number of nitrogens with zero attached hydrogens (tertiary/aromatic N) is 4. The SMILES string of the molecule is Cc1nc(NCCNS(=O)(=O)c2ccc(F)cc2F)cc(-n2ccnc2C)n1. The molecule has 0 atom stereocenters. The van der Waals surface area contributed by atoms with Crippen LogP contribution in [0.1, 0.15) is 11.6 Å². The Morgan fingerprint density at radius 3 is 2.57 bits per heavy atom. The van der Waals surface area contributed by atoms with E-state index in [9.17, 15) is 17.2 Å². The quantitative estimate of drug-likeness (QED) is 0.580. The predicted molar refractivity (Wildman–Crippen MR) is 98.7 cm³/mol. The normalized spacial score (nSPS) is 11.6. The average molecular weight is 408 g/mol. The van der Waals surface area contributed by atoms with Crippen LogP contribution in [-0.2, 0) is 10.0 Å². The molecule has 11 heteroatoms. The molecule has 0 fully saturated rings. The number of rotatable bonds is 7. The lowest BCUT2D eigenvalue weighted by Crippen LogP contribution is -2.29. The topological polar surface area (TPSA) is 102 Å². The summed E-state index contributed by atoms with van der Waals surface area (Å²) in [5.74, 6) is 0.426. The monoisotopic (exact) mass is 408 g/mol. The molecule has 0 amide bonds. The van der Waals surface area contributed by atoms with Crippen molar-refractivity contribution in [3.05, 3.63) is 59.9 Å². The molecular formula is C17H18F2N6O2S. The molecule has 1 aromatic carbocycles. The minimum Gasteiger partial charge on any atom is -0.369 e. The molecule has 2 heterocycles. The highest BCUT2D eigenvalue weighted by molar-refractivity contribution is 7.89. The first-order valence-corrected chi connectivity index (χ1v) is 9.79. The van der Waals surface area contributed by atoms with Crippen molar-refractivity contribution in [2.75, 3.05) is 18.4 Å². The van der Waals surface area contributed by atoms with Crippen LogP contribution in [0.2, 0.25) is 0 Å². The van der Waals surface area contributed by atoms with Crippen molar-refractivity contribution in [1.82, 2.24) is 24.2 Å². The van der Waals surface area contributed by atoms with E-state index in [1.807, 2.05) is 6.92 Å². The van der Waals surface area contributed by atoms with Crippen molar-refractivity contribution in [2.24, 2.45) is 0 Å². The number of hydrogen-bond acceptors (Lipinski definition) is 6. The van der Waals surface area contributed by atoms with Crippen LogP contribution in [-0.4, -0.2) is 41.0 Å². The highest BCUT2D eigenvalue weighted by Gasteiger charge is 2.18. The average Bonchev–Trinajstić information content (AvgIpc) is 3.04. The lowest BCUT2D eigenvalue weighted by Gasteiger charge is -2.11. The summed E-state index contributed by atoms with van der Waals surface area (Å²) in [7, 11) is -4.10. The van der Waals surface area contributed by atoms with Gasteiger partial charge in [0, 0.05) is 37.6 Å². The van der Waals surface area contributed by atoms with Gasteiger partial charge in [0.25, 0.3) is 0 Å². The minimum absolute atomic E-state index is 0.0262. The molecule has 0 unspecified atom stereocenters. The number of sulfonamides is 1. The highest BCUT2D eigenvalue weighted by atomic mass is 32.2. The van der Waals surface area contributed by atoms with Gasteiger partial charge in [-0.15, -0.1) is 0 Å². The largest absolute Gasteiger partial charge is 0.369 e. The third kappa shape index (κ3) is 4.49. The van der Waals surface area contributed by atoms with Gasteiger partial charge in [-0.05, 0) is 26.0 Å². The van der Waals surface area contributed by atoms with Gasteiger partial charge in [0.1, 0.15) is 39.8 Å². The summed E-state index contributed by atoms with van der Waals surface area (Å²) in [5.41, 5.74) is 0. The Morgan fingerprint density at radius 1 is 1.11 bits per heavy atom. The van der Waals surface area contributed by atoms with Gasteiger partial charge in [-0.2, -0.15) is 0 Å². The van der Waals surface area contributed by atoms with Crippen molar-refractivity contribution in [2.45, 2.75) is 18.7 Å². The number of hydrogen-bond donors (Lipinski definition) is 2. The zero-order chi connectivity index (χ0) is 20.3. The predicted octanol–water partition coefficient (Wildman–Crippen LogP) is 1.95. The Kier molecular flexibility index (Phi) is 5.66. The number of nitrogens with one attached hydrogen (secondary N) is 2. The van der Waals surface area contributed by atoms with Crippen molar-refractivity contribution >= 4 is 15.8 Å². The summed E-state index contributed by atoms with van der Waals surface area (Å²) in [4.78, 5) is 12.1. The molecule has 148 valence electrons. The summed E-state index contributed by atoms with van der Waals surface area (Å²) in [6, 6.07) is 4.00. The van der Waals surface area contributed by atoms with Gasteiger partial charge >= 0.3 is 0 Å². The first-order valence-electron chi connectivity index (χ1n) is 8.31. The summed E-state index contributed by atoms with van der Waals surface area (Å²) in [6.45, 7) is 3.75. The Morgan fingerprint density at radius 2 is 1.89 bits per heavy atom. The maximum Gasteiger partial charge on any atom is 0.243 e. The number of aromatic nitrogens is 4. The summed E-state index contributed by atoms with van der Waals surface area (Å²) in [6.07, 6.45) is 3.43. The van der Waals surface area contributed by atoms with Gasteiger partial charge in [-0.3, -0.25) is 4.57 Å². The zero-order valence-electron chi connectivity index (χ0n) is 15.1. The molecule has 0 radical (unpaired) electrons. The van der Waals surface area contributed by atoms with Gasteiger partial charge < -0.3 is 5.32 Å². The number of anilines is 1. The molecule has 0 aliphatic rings. The van der Waals surface area contributed by atoms with Crippen LogP contribution in [0.3, 0.4) is 0 Å². The molecule has 0 bridgehead atoms. The number of aryl methyl sites for hydroxylation is 2. The lowest BCUT2D eigenvalue weighted by atomic mass is 10.3. The smallest absolute Gasteiger partial charge is 0.243 e. The molecule has 28 heavy (non-hydrogen) atoms. The van der Waals surface area contributed by atoms with Gasteiger partial charge in [-0.25, -0.2) is 36.9 Å². The van der Waals surface area contributed by atoms with E-state index in [2.05, 4.69) is 25.0 Å². The van der Waals surface area contributed by atoms with Crippen LogP contribution in [0, 0.1) is 25.5 Å². The third-order valence-corrected chi connectivity index (χ3v) is 5.30. The van der Waals surface area contributed by atoms with E-state index in [1.54, 1.807) is 30.0 Å². The molecule has 2 N–H and O–H groups in total. The van der Waals surface area contributed by atoms with Crippen LogP contribution >= 0.6 is 0 Å². The van der Waals surface area contributed by atoms with E-state index in [-0.39, 0.29) is 13.1 Å². The fraction of sp³-hybridized carbons (Fsp3) is 0.235. The Hall–Kier alpha value is -2.92. The minimum atomic E-state index is -4.10. The van der Waals surface area contributed by atoms with Gasteiger partial charge in [0.2, 0.25) is 10.0 Å². The Labute approximate surface area is 160 Å². The first kappa shape index (κ1) is 19.8. The van der Waals surface area contributed by atoms with Crippen molar-refractivity contribution in [1.29, 1.82) is 0 Å². The third-order valence-electron chi connectivity index (χ3n) is 3.80. The molecule has 8 nitrogen and oxygen atoms in total. The van der Waals surface area contributed by atoms with Crippen LogP contribution < -0.4 is 10.0 Å². The Balaban J connectivity index is 1.64. The van der Waals surface area contributed by atoms with E-state index in [4.69, 9.17) is 0 Å². The standard InChI is InChI=1S/C17H18F2N6O2S/c1-11-23-16(10-17(24-11)25-8-7-20-12(25)2)21-5-6-22-28(26,27)15-4-3-13(18)9-14(15)19/h3-4,7-10,22H,5-6H2,1-2H3,(H,21,23,24). The van der Waals surface area contributed by atoms with Crippen LogP contribution in [0.5, 0.6) is 0 Å². The zero-order valence-corrected chi connectivity index (χ0v) is 16.0. The van der Waals surface area contributed by atoms with Crippen molar-refractivity contribution in [3.63, 3.8) is 0 Å². The lowest BCUT2D eigenvalue weighted by molar-refractivity contribution is 0.543. The van der Waals surface area contributed by atoms with E-state index in [0.29, 0.717) is 23.5 Å². The van der Waals surface area contributed by atoms with Crippen LogP contribution in [0.15, 0.2) is 41.6 Å². The summed E-state index contributed by atoms with van der Waals surface area (Å²) >= 11 is 0. The van der Waals surface area contributed by atoms with Crippen LogP contribution in [0.25, 0.3) is 5.82 Å². The molecule has 3 aromatic rings. The van der Waals surface area contributed by atoms with Crippen LogP contribution in [0.4, 0.5) is 14.6 Å². The molecule has 0 aliphatic heterocycles. The first-order chi connectivity index (χ1) is 13.3. The molecule has 0 saturated heterocycles. The molecular weight excluding hydrogens is 390 g/mol. The molecule has 2 aromatic heterocycles. The fourth-order valence-corrected chi connectivity index (χ4v) is 3.62. The van der Waals surface area contributed by atoms with E-state index >= 15 is 0 Å². The second-order valence-electron chi connectivity index (χ2n) is 5.90. The fourth-order valence-electron chi connectivity index (χ4n) is 2.53. The maximum atomic E-state index is 13.7. The molecule has 0 saturated carbocycles. The molecule has 3 rings (SSSR count). The molecule has 0 spiro atoms. The van der Waals surface area contributed by atoms with E-state index < -0.39 is 26.6 Å². The van der Waals surface area contributed by atoms with E-state index in [1.165, 1.54) is 0 Å². The van der Waals surface area contributed by atoms with Gasteiger partial charge in [0.05, 0.1) is 0 Å². The number of imidazole rings is 1. The second-order valence-corrected chi connectivity index (χ2v) is 7.64. The van der Waals surface area contributed by atoms with E-state index in [0.717, 1.165) is 18.0 Å². The number of benzene rings is 1. The summed E-state index contributed by atoms with van der Waals surface area (Å²) in [5, 5.41) is 2.99.